The molecule has 0 nitrogen and oxygen atoms in total. The van der Waals surface area contributed by atoms with Gasteiger partial charge < -0.3 is 0 Å². The molecule has 0 aromatic heterocycles. The molecule has 1 aromatic rings. The maximum Gasteiger partial charge on any atom is 0.0387 e. The minimum absolute atomic E-state index is 0.171. The summed E-state index contributed by atoms with van der Waals surface area (Å²) in [5.41, 5.74) is 1.28. The second kappa shape index (κ2) is 5.45. The Kier molecular flexibility index (Phi) is 4.49. The first kappa shape index (κ1) is 9.88. The SMILES string of the molecule is ClCC[C@H](Cl)Cc1ccccc1. The number of rotatable bonds is 4. The van der Waals surface area contributed by atoms with Crippen molar-refractivity contribution in [2.45, 2.75) is 18.2 Å². The van der Waals surface area contributed by atoms with Gasteiger partial charge in [-0.3, -0.25) is 0 Å². The number of alkyl halides is 2. The average Bonchev–Trinajstić information content (AvgIpc) is 2.06. The third-order valence-corrected chi connectivity index (χ3v) is 2.31. The molecule has 2 heteroatoms. The Morgan fingerprint density at radius 1 is 1.17 bits per heavy atom. The van der Waals surface area contributed by atoms with Crippen molar-refractivity contribution >= 4 is 23.2 Å². The summed E-state index contributed by atoms with van der Waals surface area (Å²) >= 11 is 11.6. The second-order valence-corrected chi connectivity index (χ2v) is 3.76. The fraction of sp³-hybridized carbons (Fsp3) is 0.400. The number of hydrogen-bond donors (Lipinski definition) is 0. The van der Waals surface area contributed by atoms with Crippen molar-refractivity contribution in [3.05, 3.63) is 35.9 Å². The van der Waals surface area contributed by atoms with E-state index in [1.54, 1.807) is 0 Å². The molecule has 0 saturated heterocycles. The smallest absolute Gasteiger partial charge is 0.0387 e. The van der Waals surface area contributed by atoms with E-state index in [1.165, 1.54) is 5.56 Å². The highest BCUT2D eigenvalue weighted by molar-refractivity contribution is 6.22. The van der Waals surface area contributed by atoms with Crippen LogP contribution in [-0.4, -0.2) is 11.3 Å². The summed E-state index contributed by atoms with van der Waals surface area (Å²) in [5, 5.41) is 0.171. The zero-order valence-corrected chi connectivity index (χ0v) is 8.35. The normalized spacial score (nSPS) is 12.8. The van der Waals surface area contributed by atoms with Crippen LogP contribution in [0.5, 0.6) is 0 Å². The molecule has 0 aliphatic carbocycles. The fourth-order valence-corrected chi connectivity index (χ4v) is 1.75. The first-order valence-electron chi connectivity index (χ1n) is 4.07. The van der Waals surface area contributed by atoms with Gasteiger partial charge in [0.15, 0.2) is 0 Å². The predicted molar refractivity (Wildman–Crippen MR) is 55.1 cm³/mol. The van der Waals surface area contributed by atoms with Gasteiger partial charge in [0.2, 0.25) is 0 Å². The van der Waals surface area contributed by atoms with Crippen LogP contribution in [0.4, 0.5) is 0 Å². The minimum Gasteiger partial charge on any atom is -0.127 e. The van der Waals surface area contributed by atoms with Crippen molar-refractivity contribution in [3.8, 4) is 0 Å². The zero-order chi connectivity index (χ0) is 8.81. The third-order valence-electron chi connectivity index (χ3n) is 1.72. The fourth-order valence-electron chi connectivity index (χ4n) is 1.09. The van der Waals surface area contributed by atoms with Crippen LogP contribution in [0.3, 0.4) is 0 Å². The van der Waals surface area contributed by atoms with E-state index < -0.39 is 0 Å². The Morgan fingerprint density at radius 2 is 1.83 bits per heavy atom. The lowest BCUT2D eigenvalue weighted by Crippen LogP contribution is -2.03. The molecule has 0 bridgehead atoms. The Bertz CT molecular complexity index is 208. The largest absolute Gasteiger partial charge is 0.127 e. The molecule has 1 rings (SSSR count). The Balaban J connectivity index is 2.41. The molecule has 0 aliphatic heterocycles. The van der Waals surface area contributed by atoms with Gasteiger partial charge in [0, 0.05) is 11.3 Å². The van der Waals surface area contributed by atoms with Crippen molar-refractivity contribution in [1.29, 1.82) is 0 Å². The highest BCUT2D eigenvalue weighted by Gasteiger charge is 2.03. The van der Waals surface area contributed by atoms with E-state index in [-0.39, 0.29) is 5.38 Å². The molecule has 0 heterocycles. The Hall–Kier alpha value is -0.200. The maximum atomic E-state index is 6.03. The summed E-state index contributed by atoms with van der Waals surface area (Å²) in [7, 11) is 0. The summed E-state index contributed by atoms with van der Waals surface area (Å²) in [6.07, 6.45) is 1.78. The summed E-state index contributed by atoms with van der Waals surface area (Å²) in [6.45, 7) is 0. The van der Waals surface area contributed by atoms with Gasteiger partial charge in [0.1, 0.15) is 0 Å². The van der Waals surface area contributed by atoms with E-state index in [0.717, 1.165) is 12.8 Å². The van der Waals surface area contributed by atoms with E-state index in [4.69, 9.17) is 23.2 Å². The first-order valence-corrected chi connectivity index (χ1v) is 5.04. The van der Waals surface area contributed by atoms with Crippen LogP contribution in [0.25, 0.3) is 0 Å². The second-order valence-electron chi connectivity index (χ2n) is 2.76. The van der Waals surface area contributed by atoms with E-state index in [0.29, 0.717) is 5.88 Å². The lowest BCUT2D eigenvalue weighted by molar-refractivity contribution is 0.810. The molecule has 66 valence electrons. The van der Waals surface area contributed by atoms with Gasteiger partial charge in [-0.25, -0.2) is 0 Å². The Morgan fingerprint density at radius 3 is 2.42 bits per heavy atom. The van der Waals surface area contributed by atoms with Crippen molar-refractivity contribution in [2.75, 3.05) is 5.88 Å². The van der Waals surface area contributed by atoms with Gasteiger partial charge in [-0.05, 0) is 18.4 Å². The van der Waals surface area contributed by atoms with Crippen LogP contribution >= 0.6 is 23.2 Å². The Labute approximate surface area is 83.5 Å². The average molecular weight is 203 g/mol. The van der Waals surface area contributed by atoms with Crippen molar-refractivity contribution in [2.24, 2.45) is 0 Å². The summed E-state index contributed by atoms with van der Waals surface area (Å²) in [5.74, 6) is 0.640. The molecule has 0 saturated carbocycles. The molecule has 0 amide bonds. The van der Waals surface area contributed by atoms with E-state index >= 15 is 0 Å². The van der Waals surface area contributed by atoms with Crippen LogP contribution in [-0.2, 0) is 6.42 Å². The van der Waals surface area contributed by atoms with Gasteiger partial charge in [0.25, 0.3) is 0 Å². The highest BCUT2D eigenvalue weighted by Crippen LogP contribution is 2.11. The molecule has 1 aromatic carbocycles. The molecule has 0 aliphatic rings. The molecule has 0 fully saturated rings. The molecule has 0 N–H and O–H groups in total. The van der Waals surface area contributed by atoms with Crippen molar-refractivity contribution in [1.82, 2.24) is 0 Å². The lowest BCUT2D eigenvalue weighted by atomic mass is 10.1. The van der Waals surface area contributed by atoms with Crippen molar-refractivity contribution < 1.29 is 0 Å². The van der Waals surface area contributed by atoms with E-state index in [2.05, 4.69) is 12.1 Å². The maximum absolute atomic E-state index is 6.03. The van der Waals surface area contributed by atoms with Crippen LogP contribution in [0.1, 0.15) is 12.0 Å². The van der Waals surface area contributed by atoms with Gasteiger partial charge in [-0.1, -0.05) is 30.3 Å². The van der Waals surface area contributed by atoms with Gasteiger partial charge in [-0.2, -0.15) is 0 Å². The third kappa shape index (κ3) is 3.46. The quantitative estimate of drug-likeness (QED) is 0.657. The predicted octanol–water partition coefficient (Wildman–Crippen LogP) is 3.47. The molecule has 0 spiro atoms. The molecular formula is C10H12Cl2. The molecule has 12 heavy (non-hydrogen) atoms. The minimum atomic E-state index is 0.171. The first-order chi connectivity index (χ1) is 5.83. The van der Waals surface area contributed by atoms with E-state index in [9.17, 15) is 0 Å². The van der Waals surface area contributed by atoms with E-state index in [1.807, 2.05) is 18.2 Å². The topological polar surface area (TPSA) is 0 Å². The van der Waals surface area contributed by atoms with Gasteiger partial charge in [0.05, 0.1) is 0 Å². The van der Waals surface area contributed by atoms with Crippen molar-refractivity contribution in [3.63, 3.8) is 0 Å². The van der Waals surface area contributed by atoms with Crippen LogP contribution in [0, 0.1) is 0 Å². The van der Waals surface area contributed by atoms with Crippen LogP contribution in [0.15, 0.2) is 30.3 Å². The van der Waals surface area contributed by atoms with Gasteiger partial charge >= 0.3 is 0 Å². The lowest BCUT2D eigenvalue weighted by Gasteiger charge is -2.06. The number of hydrogen-bond acceptors (Lipinski definition) is 0. The molecule has 1 atom stereocenters. The van der Waals surface area contributed by atoms with Crippen LogP contribution in [0.2, 0.25) is 0 Å². The highest BCUT2D eigenvalue weighted by atomic mass is 35.5. The zero-order valence-electron chi connectivity index (χ0n) is 6.84. The number of halogens is 2. The number of benzene rings is 1. The summed E-state index contributed by atoms with van der Waals surface area (Å²) in [6, 6.07) is 10.2. The summed E-state index contributed by atoms with van der Waals surface area (Å²) < 4.78 is 0. The monoisotopic (exact) mass is 202 g/mol. The molecule has 0 unspecified atom stereocenters. The van der Waals surface area contributed by atoms with Crippen LogP contribution < -0.4 is 0 Å². The standard InChI is InChI=1S/C10H12Cl2/c11-7-6-10(12)8-9-4-2-1-3-5-9/h1-5,10H,6-8H2/t10-/m0/s1. The summed E-state index contributed by atoms with van der Waals surface area (Å²) in [4.78, 5) is 0. The molecular weight excluding hydrogens is 191 g/mol. The molecule has 0 radical (unpaired) electrons. The van der Waals surface area contributed by atoms with Gasteiger partial charge in [-0.15, -0.1) is 23.2 Å².